The molecule has 118 valence electrons. The number of hydrogen-bond donors (Lipinski definition) is 2. The van der Waals surface area contributed by atoms with Crippen LogP contribution in [0, 0.1) is 5.82 Å². The Labute approximate surface area is 141 Å². The van der Waals surface area contributed by atoms with E-state index in [0.717, 1.165) is 22.0 Å². The van der Waals surface area contributed by atoms with E-state index in [9.17, 15) is 9.18 Å². The van der Waals surface area contributed by atoms with Crippen molar-refractivity contribution in [1.29, 1.82) is 0 Å². The first kappa shape index (κ1) is 15.7. The Morgan fingerprint density at radius 2 is 2.04 bits per heavy atom. The van der Waals surface area contributed by atoms with E-state index in [0.29, 0.717) is 13.1 Å². The minimum Gasteiger partial charge on any atom is -0.367 e. The second-order valence-corrected chi connectivity index (χ2v) is 6.05. The molecule has 2 N–H and O–H groups in total. The van der Waals surface area contributed by atoms with Crippen LogP contribution in [-0.2, 0) is 0 Å². The fraction of sp³-hybridized carbons (Fsp3) is 0.125. The highest BCUT2D eigenvalue weighted by molar-refractivity contribution is 7.13. The molecule has 23 heavy (non-hydrogen) atoms. The maximum atomic E-state index is 13.2. The summed E-state index contributed by atoms with van der Waals surface area (Å²) in [4.78, 5) is 12.0. The van der Waals surface area contributed by atoms with E-state index in [2.05, 4.69) is 15.0 Å². The Balaban J connectivity index is 1.55. The van der Waals surface area contributed by atoms with Crippen molar-refractivity contribution < 1.29 is 9.18 Å². The molecule has 0 atom stereocenters. The highest BCUT2D eigenvalue weighted by atomic mass is 35.5. The molecular formula is C16H13ClFN3OS. The molecule has 0 spiro atoms. The number of amides is 1. The average Bonchev–Trinajstić information content (AvgIpc) is 2.97. The number of nitrogens with one attached hydrogen (secondary N) is 2. The quantitative estimate of drug-likeness (QED) is 0.686. The van der Waals surface area contributed by atoms with Crippen LogP contribution in [0.3, 0.4) is 0 Å². The van der Waals surface area contributed by atoms with Crippen LogP contribution >= 0.6 is 23.1 Å². The predicted octanol–water partition coefficient (Wildman–Crippen LogP) is 3.93. The summed E-state index contributed by atoms with van der Waals surface area (Å²) in [6.07, 6.45) is 0. The molecule has 3 aromatic rings. The predicted molar refractivity (Wildman–Crippen MR) is 91.9 cm³/mol. The van der Waals surface area contributed by atoms with Crippen LogP contribution in [0.1, 0.15) is 10.4 Å². The van der Waals surface area contributed by atoms with Crippen LogP contribution in [-0.4, -0.2) is 23.4 Å². The van der Waals surface area contributed by atoms with Gasteiger partial charge in [-0.05, 0) is 41.9 Å². The largest absolute Gasteiger partial charge is 0.367 e. The van der Waals surface area contributed by atoms with Crippen molar-refractivity contribution in [1.82, 2.24) is 9.69 Å². The molecule has 0 unspecified atom stereocenters. The van der Waals surface area contributed by atoms with Crippen LogP contribution in [0.2, 0.25) is 5.02 Å². The lowest BCUT2D eigenvalue weighted by atomic mass is 10.2. The summed E-state index contributed by atoms with van der Waals surface area (Å²) in [5.74, 6) is -0.102. The summed E-state index contributed by atoms with van der Waals surface area (Å²) < 4.78 is 18.6. The molecule has 0 aliphatic heterocycles. The molecule has 0 saturated carbocycles. The Morgan fingerprint density at radius 3 is 2.91 bits per heavy atom. The normalized spacial score (nSPS) is 10.7. The molecule has 1 aromatic heterocycles. The molecule has 4 nitrogen and oxygen atoms in total. The SMILES string of the molecule is O=C(NCCNc1nsc2ccccc12)c1cc(F)ccc1Cl. The van der Waals surface area contributed by atoms with Gasteiger partial charge in [0.2, 0.25) is 0 Å². The third-order valence-electron chi connectivity index (χ3n) is 3.25. The molecule has 0 radical (unpaired) electrons. The first-order valence-electron chi connectivity index (χ1n) is 6.96. The topological polar surface area (TPSA) is 54.0 Å². The minimum absolute atomic E-state index is 0.130. The summed E-state index contributed by atoms with van der Waals surface area (Å²) in [7, 11) is 0. The summed E-state index contributed by atoms with van der Waals surface area (Å²) >= 11 is 7.32. The van der Waals surface area contributed by atoms with Gasteiger partial charge in [0.1, 0.15) is 11.6 Å². The minimum atomic E-state index is -0.494. The van der Waals surface area contributed by atoms with Crippen molar-refractivity contribution in [3.8, 4) is 0 Å². The Hall–Kier alpha value is -2.18. The first-order chi connectivity index (χ1) is 11.1. The zero-order chi connectivity index (χ0) is 16.2. The molecule has 7 heteroatoms. The highest BCUT2D eigenvalue weighted by Gasteiger charge is 2.11. The molecule has 0 saturated heterocycles. The second kappa shape index (κ2) is 6.93. The standard InChI is InChI=1S/C16H13ClFN3OS/c17-13-6-5-10(18)9-12(13)16(22)20-8-7-19-15-11-3-1-2-4-14(11)23-21-15/h1-6,9H,7-8H2,(H,19,21)(H,20,22). The van der Waals surface area contributed by atoms with E-state index in [-0.39, 0.29) is 10.6 Å². The molecular weight excluding hydrogens is 337 g/mol. The maximum absolute atomic E-state index is 13.2. The molecule has 1 amide bonds. The summed E-state index contributed by atoms with van der Waals surface area (Å²) in [5.41, 5.74) is 0.130. The number of carbonyl (C=O) groups is 1. The van der Waals surface area contributed by atoms with Gasteiger partial charge in [-0.3, -0.25) is 4.79 Å². The molecule has 1 heterocycles. The third kappa shape index (κ3) is 3.60. The Morgan fingerprint density at radius 1 is 1.22 bits per heavy atom. The average molecular weight is 350 g/mol. The van der Waals surface area contributed by atoms with Gasteiger partial charge in [0.25, 0.3) is 5.91 Å². The molecule has 0 fully saturated rings. The van der Waals surface area contributed by atoms with Gasteiger partial charge in [-0.2, -0.15) is 4.37 Å². The number of carbonyl (C=O) groups excluding carboxylic acids is 1. The van der Waals surface area contributed by atoms with Crippen LogP contribution in [0.15, 0.2) is 42.5 Å². The molecule has 0 bridgehead atoms. The zero-order valence-electron chi connectivity index (χ0n) is 12.0. The number of halogens is 2. The number of benzene rings is 2. The molecule has 3 rings (SSSR count). The lowest BCUT2D eigenvalue weighted by Gasteiger charge is -2.08. The van der Waals surface area contributed by atoms with Crippen molar-refractivity contribution in [3.05, 3.63) is 58.9 Å². The van der Waals surface area contributed by atoms with Gasteiger partial charge < -0.3 is 10.6 Å². The van der Waals surface area contributed by atoms with Gasteiger partial charge in [-0.15, -0.1) is 0 Å². The number of hydrogen-bond acceptors (Lipinski definition) is 4. The van der Waals surface area contributed by atoms with E-state index < -0.39 is 11.7 Å². The van der Waals surface area contributed by atoms with E-state index in [1.165, 1.54) is 23.7 Å². The van der Waals surface area contributed by atoms with Gasteiger partial charge in [-0.1, -0.05) is 23.7 Å². The third-order valence-corrected chi connectivity index (χ3v) is 4.41. The number of anilines is 1. The first-order valence-corrected chi connectivity index (χ1v) is 8.12. The van der Waals surface area contributed by atoms with Crippen LogP contribution < -0.4 is 10.6 Å². The zero-order valence-corrected chi connectivity index (χ0v) is 13.5. The lowest BCUT2D eigenvalue weighted by molar-refractivity contribution is 0.0955. The van der Waals surface area contributed by atoms with Gasteiger partial charge in [-0.25, -0.2) is 4.39 Å². The van der Waals surface area contributed by atoms with Crippen molar-refractivity contribution >= 4 is 44.9 Å². The van der Waals surface area contributed by atoms with Crippen LogP contribution in [0.5, 0.6) is 0 Å². The summed E-state index contributed by atoms with van der Waals surface area (Å²) in [6.45, 7) is 0.879. The van der Waals surface area contributed by atoms with Crippen molar-refractivity contribution in [2.45, 2.75) is 0 Å². The van der Waals surface area contributed by atoms with Gasteiger partial charge >= 0.3 is 0 Å². The van der Waals surface area contributed by atoms with Gasteiger partial charge in [0.05, 0.1) is 15.3 Å². The van der Waals surface area contributed by atoms with Gasteiger partial charge in [0, 0.05) is 18.5 Å². The van der Waals surface area contributed by atoms with E-state index in [1.54, 1.807) is 0 Å². The van der Waals surface area contributed by atoms with Crippen molar-refractivity contribution in [3.63, 3.8) is 0 Å². The molecule has 0 aliphatic carbocycles. The monoisotopic (exact) mass is 349 g/mol. The number of nitrogens with zero attached hydrogens (tertiary/aromatic N) is 1. The van der Waals surface area contributed by atoms with Gasteiger partial charge in [0.15, 0.2) is 0 Å². The maximum Gasteiger partial charge on any atom is 0.252 e. The van der Waals surface area contributed by atoms with E-state index in [1.807, 2.05) is 24.3 Å². The number of rotatable bonds is 5. The Kier molecular flexibility index (Phi) is 4.73. The summed E-state index contributed by atoms with van der Waals surface area (Å²) in [6, 6.07) is 11.6. The molecule has 0 aliphatic rings. The van der Waals surface area contributed by atoms with Crippen LogP contribution in [0.4, 0.5) is 10.2 Å². The van der Waals surface area contributed by atoms with Crippen molar-refractivity contribution in [2.24, 2.45) is 0 Å². The van der Waals surface area contributed by atoms with Crippen molar-refractivity contribution in [2.75, 3.05) is 18.4 Å². The Bertz CT molecular complexity index is 852. The summed E-state index contributed by atoms with van der Waals surface area (Å²) in [5, 5.41) is 7.16. The highest BCUT2D eigenvalue weighted by Crippen LogP contribution is 2.25. The smallest absolute Gasteiger partial charge is 0.252 e. The fourth-order valence-corrected chi connectivity index (χ4v) is 3.10. The molecule has 2 aromatic carbocycles. The fourth-order valence-electron chi connectivity index (χ4n) is 2.14. The number of aromatic nitrogens is 1. The second-order valence-electron chi connectivity index (χ2n) is 4.83. The van der Waals surface area contributed by atoms with E-state index in [4.69, 9.17) is 11.6 Å². The number of fused-ring (bicyclic) bond motifs is 1. The van der Waals surface area contributed by atoms with Crippen LogP contribution in [0.25, 0.3) is 10.1 Å². The lowest BCUT2D eigenvalue weighted by Crippen LogP contribution is -2.29. The van der Waals surface area contributed by atoms with E-state index >= 15 is 0 Å².